The predicted octanol–water partition coefficient (Wildman–Crippen LogP) is 5.61. The standard InChI is InChI=1S/C31H35N5O2/c1-17(2)14-36-28-23(33-30(36)25-11-19-5-4-8-32-29(19)34(25)15-18-6-7-18)10-21(13-26(28)38-3)31(37)35-16-22-9-20-12-24(35)27(20)22/h4-5,8,10-11,13,17-18,20,22,24,27H,6-7,9,12,14-16H2,1-3H3/t20?,22-,24-,27-/m1/s1. The summed E-state index contributed by atoms with van der Waals surface area (Å²) in [6, 6.07) is 10.8. The minimum absolute atomic E-state index is 0.134. The first-order valence-corrected chi connectivity index (χ1v) is 14.3. The quantitative estimate of drug-likeness (QED) is 0.325. The summed E-state index contributed by atoms with van der Waals surface area (Å²) >= 11 is 0. The Hall–Kier alpha value is -3.35. The molecule has 7 nitrogen and oxygen atoms in total. The van der Waals surface area contributed by atoms with Crippen LogP contribution in [0.3, 0.4) is 0 Å². The molecule has 38 heavy (non-hydrogen) atoms. The van der Waals surface area contributed by atoms with E-state index in [1.54, 1.807) is 7.11 Å². The third kappa shape index (κ3) is 3.23. The van der Waals surface area contributed by atoms with Crippen LogP contribution in [0.2, 0.25) is 0 Å². The number of carbonyl (C=O) groups is 1. The largest absolute Gasteiger partial charge is 0.494 e. The highest BCUT2D eigenvalue weighted by Gasteiger charge is 2.61. The van der Waals surface area contributed by atoms with Crippen molar-refractivity contribution < 1.29 is 9.53 Å². The van der Waals surface area contributed by atoms with Crippen molar-refractivity contribution in [3.63, 3.8) is 0 Å². The van der Waals surface area contributed by atoms with E-state index in [2.05, 4.69) is 40.0 Å². The highest BCUT2D eigenvalue weighted by atomic mass is 16.5. The average Bonchev–Trinajstić information content (AvgIpc) is 3.55. The highest BCUT2D eigenvalue weighted by Crippen LogP contribution is 2.60. The van der Waals surface area contributed by atoms with Crippen molar-refractivity contribution in [1.29, 1.82) is 0 Å². The summed E-state index contributed by atoms with van der Waals surface area (Å²) in [6.07, 6.45) is 6.91. The van der Waals surface area contributed by atoms with Gasteiger partial charge in [0.25, 0.3) is 5.91 Å². The Morgan fingerprint density at radius 3 is 2.74 bits per heavy atom. The Balaban J connectivity index is 1.28. The van der Waals surface area contributed by atoms with E-state index < -0.39 is 0 Å². The van der Waals surface area contributed by atoms with Crippen LogP contribution >= 0.6 is 0 Å². The van der Waals surface area contributed by atoms with Gasteiger partial charge in [-0.1, -0.05) is 13.8 Å². The van der Waals surface area contributed by atoms with Gasteiger partial charge < -0.3 is 18.8 Å². The molecule has 4 aliphatic rings. The maximum Gasteiger partial charge on any atom is 0.254 e. The maximum atomic E-state index is 13.8. The molecule has 0 N–H and O–H groups in total. The molecular weight excluding hydrogens is 474 g/mol. The first-order valence-electron chi connectivity index (χ1n) is 14.3. The summed E-state index contributed by atoms with van der Waals surface area (Å²) in [5, 5.41) is 1.14. The van der Waals surface area contributed by atoms with Gasteiger partial charge in [-0.05, 0) is 85.6 Å². The van der Waals surface area contributed by atoms with Gasteiger partial charge >= 0.3 is 0 Å². The van der Waals surface area contributed by atoms with Crippen LogP contribution in [0.25, 0.3) is 33.6 Å². The zero-order chi connectivity index (χ0) is 25.7. The zero-order valence-electron chi connectivity index (χ0n) is 22.4. The number of nitrogens with zero attached hydrogens (tertiary/aromatic N) is 5. The van der Waals surface area contributed by atoms with E-state index in [-0.39, 0.29) is 5.91 Å². The smallest absolute Gasteiger partial charge is 0.254 e. The number of benzene rings is 1. The molecule has 1 unspecified atom stereocenters. The van der Waals surface area contributed by atoms with Gasteiger partial charge in [0, 0.05) is 42.8 Å². The molecule has 3 aliphatic carbocycles. The molecule has 1 aliphatic heterocycles. The second kappa shape index (κ2) is 8.08. The molecule has 4 atom stereocenters. The van der Waals surface area contributed by atoms with Crippen LogP contribution < -0.4 is 4.74 Å². The molecule has 0 radical (unpaired) electrons. The normalized spacial score (nSPS) is 25.6. The molecule has 196 valence electrons. The monoisotopic (exact) mass is 509 g/mol. The van der Waals surface area contributed by atoms with Gasteiger partial charge in [-0.2, -0.15) is 0 Å². The van der Waals surface area contributed by atoms with E-state index in [1.165, 1.54) is 25.7 Å². The van der Waals surface area contributed by atoms with Gasteiger partial charge in [0.1, 0.15) is 16.9 Å². The Morgan fingerprint density at radius 1 is 1.13 bits per heavy atom. The van der Waals surface area contributed by atoms with Crippen molar-refractivity contribution in [2.24, 2.45) is 29.6 Å². The number of pyridine rings is 1. The van der Waals surface area contributed by atoms with E-state index in [9.17, 15) is 4.79 Å². The number of hydrogen-bond acceptors (Lipinski definition) is 4. The topological polar surface area (TPSA) is 65.2 Å². The molecule has 3 saturated carbocycles. The summed E-state index contributed by atoms with van der Waals surface area (Å²) in [5.41, 5.74) is 4.60. The molecule has 1 amide bonds. The highest BCUT2D eigenvalue weighted by molar-refractivity contribution is 6.00. The first-order chi connectivity index (χ1) is 18.5. The fourth-order valence-electron chi connectivity index (χ4n) is 7.63. The molecule has 4 fully saturated rings. The molecule has 0 spiro atoms. The number of rotatable bonds is 7. The van der Waals surface area contributed by atoms with Gasteiger partial charge in [0.05, 0.1) is 18.3 Å². The molecule has 4 heterocycles. The fraction of sp³-hybridized carbons (Fsp3) is 0.516. The number of amides is 1. The van der Waals surface area contributed by atoms with Crippen LogP contribution in [0, 0.1) is 29.6 Å². The van der Waals surface area contributed by atoms with Crippen LogP contribution in [0.5, 0.6) is 5.75 Å². The number of carbonyl (C=O) groups excluding carboxylic acids is 1. The molecule has 4 aromatic rings. The summed E-state index contributed by atoms with van der Waals surface area (Å²) in [5.74, 6) is 5.24. The van der Waals surface area contributed by atoms with Crippen LogP contribution in [0.4, 0.5) is 0 Å². The van der Waals surface area contributed by atoms with E-state index in [1.807, 2.05) is 24.4 Å². The van der Waals surface area contributed by atoms with E-state index in [0.717, 1.165) is 70.8 Å². The van der Waals surface area contributed by atoms with Crippen molar-refractivity contribution in [3.05, 3.63) is 42.1 Å². The number of fused-ring (bicyclic) bond motifs is 2. The van der Waals surface area contributed by atoms with Gasteiger partial charge in [-0.3, -0.25) is 4.79 Å². The van der Waals surface area contributed by atoms with E-state index in [0.29, 0.717) is 29.4 Å². The average molecular weight is 510 g/mol. The van der Waals surface area contributed by atoms with Gasteiger partial charge in [-0.25, -0.2) is 9.97 Å². The van der Waals surface area contributed by atoms with Crippen LogP contribution in [0.15, 0.2) is 36.5 Å². The summed E-state index contributed by atoms with van der Waals surface area (Å²) < 4.78 is 10.6. The number of aromatic nitrogens is 4. The second-order valence-electron chi connectivity index (χ2n) is 12.6. The van der Waals surface area contributed by atoms with Crippen LogP contribution in [-0.4, -0.2) is 49.6 Å². The lowest BCUT2D eigenvalue weighted by Gasteiger charge is -2.52. The van der Waals surface area contributed by atoms with Crippen molar-refractivity contribution in [2.75, 3.05) is 13.7 Å². The lowest BCUT2D eigenvalue weighted by Crippen LogP contribution is -2.53. The maximum absolute atomic E-state index is 13.8. The SMILES string of the molecule is COc1cc(C(=O)N2C[C@H]3CC4C[C@@H]2[C@H]43)cc2nc(-c3cc4cccnc4n3CC3CC3)n(CC(C)C)c12. The third-order valence-electron chi connectivity index (χ3n) is 9.62. The van der Waals surface area contributed by atoms with Crippen LogP contribution in [0.1, 0.15) is 49.9 Å². The molecule has 7 heteroatoms. The molecule has 1 aromatic carbocycles. The molecule has 1 saturated heterocycles. The minimum Gasteiger partial charge on any atom is -0.494 e. The van der Waals surface area contributed by atoms with Crippen LogP contribution in [-0.2, 0) is 13.1 Å². The summed E-state index contributed by atoms with van der Waals surface area (Å²) in [4.78, 5) is 25.9. The predicted molar refractivity (Wildman–Crippen MR) is 147 cm³/mol. The molecular formula is C31H35N5O2. The van der Waals surface area contributed by atoms with E-state index >= 15 is 0 Å². The Labute approximate surface area is 222 Å². The van der Waals surface area contributed by atoms with Crippen molar-refractivity contribution >= 4 is 28.0 Å². The number of methoxy groups -OCH3 is 1. The Morgan fingerprint density at radius 2 is 2.00 bits per heavy atom. The lowest BCUT2D eigenvalue weighted by molar-refractivity contribution is -0.0204. The second-order valence-corrected chi connectivity index (χ2v) is 12.6. The number of likely N-dealkylation sites (tertiary alicyclic amines) is 1. The number of ether oxygens (including phenoxy) is 1. The third-order valence-corrected chi connectivity index (χ3v) is 9.62. The van der Waals surface area contributed by atoms with Crippen molar-refractivity contribution in [3.8, 4) is 17.3 Å². The summed E-state index contributed by atoms with van der Waals surface area (Å²) in [6.45, 7) is 7.14. The molecule has 3 aromatic heterocycles. The van der Waals surface area contributed by atoms with Gasteiger partial charge in [0.2, 0.25) is 0 Å². The fourth-order valence-corrected chi connectivity index (χ4v) is 7.63. The number of imidazole rings is 1. The zero-order valence-corrected chi connectivity index (χ0v) is 22.4. The minimum atomic E-state index is 0.134. The van der Waals surface area contributed by atoms with Crippen molar-refractivity contribution in [1.82, 2.24) is 24.0 Å². The molecule has 0 bridgehead atoms. The first kappa shape index (κ1) is 22.6. The molecule has 8 rings (SSSR count). The Kier molecular flexibility index (Phi) is 4.81. The van der Waals surface area contributed by atoms with Crippen molar-refractivity contribution in [2.45, 2.75) is 58.7 Å². The number of hydrogen-bond donors (Lipinski definition) is 0. The summed E-state index contributed by atoms with van der Waals surface area (Å²) in [7, 11) is 1.70. The van der Waals surface area contributed by atoms with E-state index in [4.69, 9.17) is 14.7 Å². The van der Waals surface area contributed by atoms with Gasteiger partial charge in [-0.15, -0.1) is 0 Å². The van der Waals surface area contributed by atoms with Gasteiger partial charge in [0.15, 0.2) is 5.82 Å². The lowest BCUT2D eigenvalue weighted by atomic mass is 9.53. The Bertz CT molecular complexity index is 1590.